The van der Waals surface area contributed by atoms with Gasteiger partial charge in [-0.1, -0.05) is 12.1 Å². The summed E-state index contributed by atoms with van der Waals surface area (Å²) in [4.78, 5) is 17.0. The van der Waals surface area contributed by atoms with Crippen LogP contribution in [0.25, 0.3) is 0 Å². The van der Waals surface area contributed by atoms with Crippen LogP contribution < -0.4 is 0 Å². The monoisotopic (exact) mass is 331 g/mol. The highest BCUT2D eigenvalue weighted by Gasteiger charge is 2.25. The van der Waals surface area contributed by atoms with Crippen molar-refractivity contribution in [3.05, 3.63) is 51.6 Å². The number of piperidine rings is 1. The first-order valence-corrected chi connectivity index (χ1v) is 8.06. The highest BCUT2D eigenvalue weighted by Crippen LogP contribution is 2.27. The minimum Gasteiger partial charge on any atom is -0.387 e. The van der Waals surface area contributed by atoms with Crippen molar-refractivity contribution in [1.29, 1.82) is 0 Å². The van der Waals surface area contributed by atoms with Gasteiger partial charge in [-0.2, -0.15) is 5.10 Å². The molecule has 2 aromatic rings. The van der Waals surface area contributed by atoms with E-state index >= 15 is 0 Å². The molecule has 0 spiro atoms. The number of hydrogen-bond acceptors (Lipinski definition) is 6. The number of non-ortho nitro benzene ring substituents is 1. The zero-order valence-electron chi connectivity index (χ0n) is 13.6. The molecular weight excluding hydrogens is 310 g/mol. The quantitative estimate of drug-likeness (QED) is 0.640. The molecular formula is C16H21N5O3. The molecule has 8 heteroatoms. The van der Waals surface area contributed by atoms with Crippen molar-refractivity contribution in [1.82, 2.24) is 20.1 Å². The molecule has 0 bridgehead atoms. The molecule has 0 saturated carbocycles. The molecule has 128 valence electrons. The molecule has 3 rings (SSSR count). The fourth-order valence-electron chi connectivity index (χ4n) is 3.11. The second-order valence-electron chi connectivity index (χ2n) is 6.22. The number of aromatic nitrogens is 3. The highest BCUT2D eigenvalue weighted by atomic mass is 16.6. The van der Waals surface area contributed by atoms with Crippen molar-refractivity contribution < 1.29 is 10.0 Å². The molecule has 0 aliphatic carbocycles. The maximum Gasteiger partial charge on any atom is 0.269 e. The van der Waals surface area contributed by atoms with Gasteiger partial charge in [-0.15, -0.1) is 0 Å². The van der Waals surface area contributed by atoms with Crippen LogP contribution in [0.5, 0.6) is 0 Å². The van der Waals surface area contributed by atoms with Crippen molar-refractivity contribution in [3.63, 3.8) is 0 Å². The molecule has 2 heterocycles. The largest absolute Gasteiger partial charge is 0.387 e. The summed E-state index contributed by atoms with van der Waals surface area (Å²) in [5.74, 6) is 2.04. The number of aliphatic hydroxyl groups excluding tert-OH is 1. The van der Waals surface area contributed by atoms with Crippen molar-refractivity contribution in [3.8, 4) is 0 Å². The first-order valence-electron chi connectivity index (χ1n) is 8.06. The van der Waals surface area contributed by atoms with Crippen molar-refractivity contribution >= 4 is 5.69 Å². The molecule has 1 aromatic heterocycles. The Kier molecular flexibility index (Phi) is 4.86. The van der Waals surface area contributed by atoms with Crippen LogP contribution in [0.2, 0.25) is 0 Å². The van der Waals surface area contributed by atoms with Crippen LogP contribution in [0.15, 0.2) is 24.3 Å². The molecule has 0 unspecified atom stereocenters. The fourth-order valence-corrected chi connectivity index (χ4v) is 3.11. The summed E-state index contributed by atoms with van der Waals surface area (Å²) in [6, 6.07) is 6.20. The van der Waals surface area contributed by atoms with E-state index in [1.807, 2.05) is 6.92 Å². The number of nitrogens with one attached hydrogen (secondary N) is 1. The maximum atomic E-state index is 10.8. The SMILES string of the molecule is Cc1nc(C2CCN(C[C@@H](O)c3cccc([N+](=O)[O-])c3)CC2)n[nH]1. The van der Waals surface area contributed by atoms with Crippen LogP contribution >= 0.6 is 0 Å². The average molecular weight is 331 g/mol. The Morgan fingerprint density at radius 2 is 2.21 bits per heavy atom. The van der Waals surface area contributed by atoms with E-state index in [0.29, 0.717) is 18.0 Å². The van der Waals surface area contributed by atoms with E-state index in [-0.39, 0.29) is 5.69 Å². The zero-order valence-corrected chi connectivity index (χ0v) is 13.6. The number of hydrogen-bond donors (Lipinski definition) is 2. The summed E-state index contributed by atoms with van der Waals surface area (Å²) in [5.41, 5.74) is 0.584. The Labute approximate surface area is 139 Å². The highest BCUT2D eigenvalue weighted by molar-refractivity contribution is 5.35. The van der Waals surface area contributed by atoms with Crippen LogP contribution in [0.4, 0.5) is 5.69 Å². The van der Waals surface area contributed by atoms with Crippen LogP contribution in [-0.2, 0) is 0 Å². The summed E-state index contributed by atoms with van der Waals surface area (Å²) in [7, 11) is 0. The number of aryl methyl sites for hydroxylation is 1. The number of H-pyrrole nitrogens is 1. The molecule has 1 fully saturated rings. The Balaban J connectivity index is 1.55. The molecule has 24 heavy (non-hydrogen) atoms. The lowest BCUT2D eigenvalue weighted by atomic mass is 9.95. The molecule has 1 aliphatic rings. The van der Waals surface area contributed by atoms with Gasteiger partial charge in [0.2, 0.25) is 0 Å². The maximum absolute atomic E-state index is 10.8. The van der Waals surface area contributed by atoms with Crippen molar-refractivity contribution in [2.45, 2.75) is 31.8 Å². The molecule has 8 nitrogen and oxygen atoms in total. The fraction of sp³-hybridized carbons (Fsp3) is 0.500. The number of β-amino-alcohol motifs (C(OH)–C–C–N with tert-alkyl or cyclic N) is 1. The van der Waals surface area contributed by atoms with Crippen LogP contribution in [0, 0.1) is 17.0 Å². The van der Waals surface area contributed by atoms with Gasteiger partial charge in [0.05, 0.1) is 11.0 Å². The summed E-state index contributed by atoms with van der Waals surface area (Å²) < 4.78 is 0. The number of nitro groups is 1. The smallest absolute Gasteiger partial charge is 0.269 e. The van der Waals surface area contributed by atoms with Gasteiger partial charge < -0.3 is 10.0 Å². The third-order valence-electron chi connectivity index (χ3n) is 4.46. The number of benzene rings is 1. The normalized spacial score (nSPS) is 17.8. The predicted molar refractivity (Wildman–Crippen MR) is 87.6 cm³/mol. The average Bonchev–Trinajstić information content (AvgIpc) is 3.02. The molecule has 1 saturated heterocycles. The van der Waals surface area contributed by atoms with E-state index in [1.165, 1.54) is 12.1 Å². The van der Waals surface area contributed by atoms with Gasteiger partial charge >= 0.3 is 0 Å². The van der Waals surface area contributed by atoms with Gasteiger partial charge in [0.1, 0.15) is 5.82 Å². The third-order valence-corrected chi connectivity index (χ3v) is 4.46. The lowest BCUT2D eigenvalue weighted by molar-refractivity contribution is -0.385. The number of nitro benzene ring substituents is 1. The van der Waals surface area contributed by atoms with E-state index in [2.05, 4.69) is 20.1 Å². The van der Waals surface area contributed by atoms with Gasteiger partial charge in [-0.3, -0.25) is 15.2 Å². The van der Waals surface area contributed by atoms with Gasteiger partial charge in [0.25, 0.3) is 5.69 Å². The summed E-state index contributed by atoms with van der Waals surface area (Å²) >= 11 is 0. The second-order valence-corrected chi connectivity index (χ2v) is 6.22. The van der Waals surface area contributed by atoms with Crippen molar-refractivity contribution in [2.24, 2.45) is 0 Å². The van der Waals surface area contributed by atoms with Gasteiger partial charge in [-0.25, -0.2) is 4.98 Å². The lowest BCUT2D eigenvalue weighted by Crippen LogP contribution is -2.36. The standard InChI is InChI=1S/C16H21N5O3/c1-11-17-16(19-18-11)12-5-7-20(8-6-12)10-15(22)13-3-2-4-14(9-13)21(23)24/h2-4,9,12,15,22H,5-8,10H2,1H3,(H,17,18,19)/t15-/m1/s1. The Morgan fingerprint density at radius 1 is 1.46 bits per heavy atom. The third kappa shape index (κ3) is 3.77. The van der Waals surface area contributed by atoms with E-state index < -0.39 is 11.0 Å². The van der Waals surface area contributed by atoms with E-state index in [4.69, 9.17) is 0 Å². The Hall–Kier alpha value is -2.32. The number of aliphatic hydroxyl groups is 1. The Morgan fingerprint density at radius 3 is 2.83 bits per heavy atom. The molecule has 1 aromatic carbocycles. The summed E-state index contributed by atoms with van der Waals surface area (Å²) in [6.45, 7) is 4.07. The molecule has 0 radical (unpaired) electrons. The first kappa shape index (κ1) is 16.5. The topological polar surface area (TPSA) is 108 Å². The van der Waals surface area contributed by atoms with Crippen molar-refractivity contribution in [2.75, 3.05) is 19.6 Å². The molecule has 1 atom stereocenters. The Bertz CT molecular complexity index is 709. The molecule has 2 N–H and O–H groups in total. The van der Waals surface area contributed by atoms with Gasteiger partial charge in [0.15, 0.2) is 5.82 Å². The van der Waals surface area contributed by atoms with Crippen LogP contribution in [-0.4, -0.2) is 49.7 Å². The summed E-state index contributed by atoms with van der Waals surface area (Å²) in [6.07, 6.45) is 1.16. The van der Waals surface area contributed by atoms with E-state index in [0.717, 1.165) is 37.6 Å². The van der Waals surface area contributed by atoms with E-state index in [9.17, 15) is 15.2 Å². The van der Waals surface area contributed by atoms with Gasteiger partial charge in [-0.05, 0) is 38.4 Å². The van der Waals surface area contributed by atoms with Crippen LogP contribution in [0.1, 0.15) is 42.1 Å². The predicted octanol–water partition coefficient (Wildman–Crippen LogP) is 1.93. The summed E-state index contributed by atoms with van der Waals surface area (Å²) in [5, 5.41) is 28.3. The molecule has 1 aliphatic heterocycles. The second kappa shape index (κ2) is 7.06. The number of aromatic amines is 1. The number of rotatable bonds is 5. The van der Waals surface area contributed by atoms with Crippen LogP contribution in [0.3, 0.4) is 0 Å². The first-order chi connectivity index (χ1) is 11.5. The minimum atomic E-state index is -0.729. The minimum absolute atomic E-state index is 0.00485. The number of likely N-dealkylation sites (tertiary alicyclic amines) is 1. The molecule has 0 amide bonds. The number of nitrogens with zero attached hydrogens (tertiary/aromatic N) is 4. The van der Waals surface area contributed by atoms with Gasteiger partial charge in [0, 0.05) is 24.6 Å². The lowest BCUT2D eigenvalue weighted by Gasteiger charge is -2.32. The zero-order chi connectivity index (χ0) is 17.1. The van der Waals surface area contributed by atoms with E-state index in [1.54, 1.807) is 12.1 Å².